The fourth-order valence-electron chi connectivity index (χ4n) is 2.28. The van der Waals surface area contributed by atoms with Crippen molar-refractivity contribution < 1.29 is 9.53 Å². The molecule has 2 rings (SSSR count). The van der Waals surface area contributed by atoms with Crippen LogP contribution in [0.15, 0.2) is 24.5 Å². The molecule has 5 nitrogen and oxygen atoms in total. The van der Waals surface area contributed by atoms with Crippen LogP contribution in [0.2, 0.25) is 0 Å². The highest BCUT2D eigenvalue weighted by Gasteiger charge is 2.33. The van der Waals surface area contributed by atoms with Crippen molar-refractivity contribution in [2.45, 2.75) is 19.4 Å². The summed E-state index contributed by atoms with van der Waals surface area (Å²) in [5.41, 5.74) is 1.13. The number of hydrogen-bond donors (Lipinski definition) is 2. The molecule has 0 saturated carbocycles. The van der Waals surface area contributed by atoms with Crippen molar-refractivity contribution in [3.63, 3.8) is 0 Å². The van der Waals surface area contributed by atoms with Gasteiger partial charge in [0.2, 0.25) is 5.91 Å². The number of aromatic nitrogens is 1. The number of carbonyl (C=O) groups excluding carboxylic acids is 1. The number of nitrogens with one attached hydrogen (secondary N) is 2. The van der Waals surface area contributed by atoms with Crippen LogP contribution in [0.5, 0.6) is 0 Å². The van der Waals surface area contributed by atoms with Crippen LogP contribution in [-0.4, -0.2) is 43.2 Å². The molecule has 2 heterocycles. The van der Waals surface area contributed by atoms with Gasteiger partial charge in [-0.2, -0.15) is 0 Å². The van der Waals surface area contributed by atoms with Gasteiger partial charge in [-0.25, -0.2) is 0 Å². The van der Waals surface area contributed by atoms with Gasteiger partial charge in [-0.05, 0) is 24.6 Å². The molecule has 0 aliphatic carbocycles. The van der Waals surface area contributed by atoms with Gasteiger partial charge in [0.05, 0.1) is 19.1 Å². The van der Waals surface area contributed by atoms with E-state index in [0.29, 0.717) is 19.8 Å². The van der Waals surface area contributed by atoms with Crippen molar-refractivity contribution in [3.05, 3.63) is 30.1 Å². The van der Waals surface area contributed by atoms with E-state index in [1.807, 2.05) is 25.3 Å². The normalized spacial score (nSPS) is 22.4. The third-order valence-electron chi connectivity index (χ3n) is 3.32. The monoisotopic (exact) mass is 263 g/mol. The maximum atomic E-state index is 12.1. The van der Waals surface area contributed by atoms with E-state index >= 15 is 0 Å². The number of hydrogen-bond acceptors (Lipinski definition) is 4. The average molecular weight is 263 g/mol. The van der Waals surface area contributed by atoms with Crippen LogP contribution in [0, 0.1) is 5.92 Å². The summed E-state index contributed by atoms with van der Waals surface area (Å²) in [6.07, 6.45) is 4.38. The van der Waals surface area contributed by atoms with E-state index < -0.39 is 0 Å². The first-order chi connectivity index (χ1) is 9.31. The Kier molecular flexibility index (Phi) is 5.30. The van der Waals surface area contributed by atoms with E-state index in [0.717, 1.165) is 18.5 Å². The SMILES string of the molecule is CCNC1COCC1C(=O)NCCc1cccnc1. The summed E-state index contributed by atoms with van der Waals surface area (Å²) < 4.78 is 5.37. The molecule has 1 aromatic heterocycles. The van der Waals surface area contributed by atoms with Gasteiger partial charge < -0.3 is 15.4 Å². The maximum Gasteiger partial charge on any atom is 0.227 e. The smallest absolute Gasteiger partial charge is 0.227 e. The molecule has 1 saturated heterocycles. The van der Waals surface area contributed by atoms with Crippen LogP contribution in [-0.2, 0) is 16.0 Å². The predicted molar refractivity (Wildman–Crippen MR) is 72.7 cm³/mol. The van der Waals surface area contributed by atoms with E-state index in [1.165, 1.54) is 0 Å². The van der Waals surface area contributed by atoms with E-state index in [9.17, 15) is 4.79 Å². The Bertz CT molecular complexity index is 397. The summed E-state index contributed by atoms with van der Waals surface area (Å²) >= 11 is 0. The minimum atomic E-state index is -0.0751. The van der Waals surface area contributed by atoms with Gasteiger partial charge >= 0.3 is 0 Å². The zero-order chi connectivity index (χ0) is 13.5. The van der Waals surface area contributed by atoms with E-state index in [2.05, 4.69) is 15.6 Å². The quantitative estimate of drug-likeness (QED) is 0.778. The highest BCUT2D eigenvalue weighted by atomic mass is 16.5. The molecule has 1 fully saturated rings. The molecule has 0 aromatic carbocycles. The minimum absolute atomic E-state index is 0.0751. The molecule has 2 N–H and O–H groups in total. The Morgan fingerprint density at radius 2 is 2.42 bits per heavy atom. The summed E-state index contributed by atoms with van der Waals surface area (Å²) in [5, 5.41) is 6.26. The predicted octanol–water partition coefficient (Wildman–Crippen LogP) is 0.365. The maximum absolute atomic E-state index is 12.1. The first-order valence-electron chi connectivity index (χ1n) is 6.79. The second-order valence-corrected chi connectivity index (χ2v) is 4.71. The van der Waals surface area contributed by atoms with Crippen molar-refractivity contribution in [1.29, 1.82) is 0 Å². The number of pyridine rings is 1. The largest absolute Gasteiger partial charge is 0.379 e. The first kappa shape index (κ1) is 14.0. The molecule has 1 aliphatic rings. The number of rotatable bonds is 6. The number of amides is 1. The van der Waals surface area contributed by atoms with Gasteiger partial charge in [0.15, 0.2) is 0 Å². The number of likely N-dealkylation sites (N-methyl/N-ethyl adjacent to an activating group) is 1. The van der Waals surface area contributed by atoms with Crippen LogP contribution in [0.4, 0.5) is 0 Å². The van der Waals surface area contributed by atoms with Crippen LogP contribution >= 0.6 is 0 Å². The number of carbonyl (C=O) groups is 1. The molecule has 2 unspecified atom stereocenters. The summed E-state index contributed by atoms with van der Waals surface area (Å²) in [6, 6.07) is 4.06. The second-order valence-electron chi connectivity index (χ2n) is 4.71. The zero-order valence-corrected chi connectivity index (χ0v) is 11.3. The summed E-state index contributed by atoms with van der Waals surface area (Å²) in [6.45, 7) is 4.66. The molecular formula is C14H21N3O2. The van der Waals surface area contributed by atoms with E-state index in [4.69, 9.17) is 4.74 Å². The van der Waals surface area contributed by atoms with Gasteiger partial charge in [0.25, 0.3) is 0 Å². The fraction of sp³-hybridized carbons (Fsp3) is 0.571. The van der Waals surface area contributed by atoms with Gasteiger partial charge in [-0.15, -0.1) is 0 Å². The molecule has 2 atom stereocenters. The summed E-state index contributed by atoms with van der Waals surface area (Å²) in [4.78, 5) is 16.1. The van der Waals surface area contributed by atoms with Crippen LogP contribution in [0.25, 0.3) is 0 Å². The van der Waals surface area contributed by atoms with Crippen LogP contribution < -0.4 is 10.6 Å². The Hall–Kier alpha value is -1.46. The second kappa shape index (κ2) is 7.21. The molecule has 19 heavy (non-hydrogen) atoms. The Balaban J connectivity index is 1.75. The fourth-order valence-corrected chi connectivity index (χ4v) is 2.28. The lowest BCUT2D eigenvalue weighted by atomic mass is 10.0. The highest BCUT2D eigenvalue weighted by molar-refractivity contribution is 5.79. The van der Waals surface area contributed by atoms with Crippen molar-refractivity contribution in [1.82, 2.24) is 15.6 Å². The van der Waals surface area contributed by atoms with Crippen molar-refractivity contribution in [3.8, 4) is 0 Å². The lowest BCUT2D eigenvalue weighted by Gasteiger charge is -2.17. The molecule has 1 aliphatic heterocycles. The Labute approximate surface area is 113 Å². The third kappa shape index (κ3) is 4.01. The molecule has 104 valence electrons. The van der Waals surface area contributed by atoms with Crippen molar-refractivity contribution >= 4 is 5.91 Å². The summed E-state index contributed by atoms with van der Waals surface area (Å²) in [7, 11) is 0. The van der Waals surface area contributed by atoms with Gasteiger partial charge in [0, 0.05) is 25.0 Å². The van der Waals surface area contributed by atoms with Gasteiger partial charge in [0.1, 0.15) is 0 Å². The molecule has 0 spiro atoms. The molecule has 1 amide bonds. The molecule has 5 heteroatoms. The van der Waals surface area contributed by atoms with Gasteiger partial charge in [-0.3, -0.25) is 9.78 Å². The average Bonchev–Trinajstić information content (AvgIpc) is 2.89. The number of ether oxygens (including phenoxy) is 1. The van der Waals surface area contributed by atoms with E-state index in [-0.39, 0.29) is 17.9 Å². The van der Waals surface area contributed by atoms with Crippen molar-refractivity contribution in [2.24, 2.45) is 5.92 Å². The third-order valence-corrected chi connectivity index (χ3v) is 3.32. The minimum Gasteiger partial charge on any atom is -0.379 e. The molecular weight excluding hydrogens is 242 g/mol. The molecule has 0 bridgehead atoms. The Morgan fingerprint density at radius 1 is 1.53 bits per heavy atom. The topological polar surface area (TPSA) is 63.2 Å². The first-order valence-corrected chi connectivity index (χ1v) is 6.79. The Morgan fingerprint density at radius 3 is 3.16 bits per heavy atom. The molecule has 1 aromatic rings. The van der Waals surface area contributed by atoms with E-state index in [1.54, 1.807) is 6.20 Å². The van der Waals surface area contributed by atoms with Crippen LogP contribution in [0.1, 0.15) is 12.5 Å². The highest BCUT2D eigenvalue weighted by Crippen LogP contribution is 2.13. The van der Waals surface area contributed by atoms with Crippen LogP contribution in [0.3, 0.4) is 0 Å². The summed E-state index contributed by atoms with van der Waals surface area (Å²) in [5.74, 6) is 0.00110. The standard InChI is InChI=1S/C14H21N3O2/c1-2-16-13-10-19-9-12(13)14(18)17-7-5-11-4-3-6-15-8-11/h3-4,6,8,12-13,16H,2,5,7,9-10H2,1H3,(H,17,18). The lowest BCUT2D eigenvalue weighted by molar-refractivity contribution is -0.125. The molecule has 0 radical (unpaired) electrons. The van der Waals surface area contributed by atoms with Gasteiger partial charge in [-0.1, -0.05) is 13.0 Å². The zero-order valence-electron chi connectivity index (χ0n) is 11.3. The number of nitrogens with zero attached hydrogens (tertiary/aromatic N) is 1. The lowest BCUT2D eigenvalue weighted by Crippen LogP contribution is -2.44. The van der Waals surface area contributed by atoms with Crippen molar-refractivity contribution in [2.75, 3.05) is 26.3 Å².